The van der Waals surface area contributed by atoms with Crippen molar-refractivity contribution in [2.24, 2.45) is 0 Å². The lowest BCUT2D eigenvalue weighted by Crippen LogP contribution is -2.39. The van der Waals surface area contributed by atoms with E-state index in [1.54, 1.807) is 7.11 Å². The first kappa shape index (κ1) is 13.2. The molecule has 1 rings (SSSR count). The van der Waals surface area contributed by atoms with E-state index in [0.717, 1.165) is 19.4 Å². The summed E-state index contributed by atoms with van der Waals surface area (Å²) in [5.74, 6) is 0. The van der Waals surface area contributed by atoms with Gasteiger partial charge in [-0.25, -0.2) is 0 Å². The average molecular weight is 221 g/mol. The highest BCUT2D eigenvalue weighted by Gasteiger charge is 2.14. The van der Waals surface area contributed by atoms with Crippen molar-refractivity contribution in [3.8, 4) is 0 Å². The van der Waals surface area contributed by atoms with E-state index in [2.05, 4.69) is 49.5 Å². The Bertz CT molecular complexity index is 273. The van der Waals surface area contributed by atoms with Crippen LogP contribution >= 0.6 is 0 Å². The van der Waals surface area contributed by atoms with Gasteiger partial charge in [-0.05, 0) is 31.9 Å². The third-order valence-corrected chi connectivity index (χ3v) is 2.99. The summed E-state index contributed by atoms with van der Waals surface area (Å²) in [6, 6.07) is 11.0. The molecule has 16 heavy (non-hydrogen) atoms. The SMILES string of the molecule is CCNC(CCc1ccccc1)C(C)OC. The summed E-state index contributed by atoms with van der Waals surface area (Å²) < 4.78 is 5.39. The summed E-state index contributed by atoms with van der Waals surface area (Å²) in [5.41, 5.74) is 1.40. The van der Waals surface area contributed by atoms with Gasteiger partial charge in [-0.3, -0.25) is 0 Å². The molecule has 2 unspecified atom stereocenters. The van der Waals surface area contributed by atoms with E-state index >= 15 is 0 Å². The topological polar surface area (TPSA) is 21.3 Å². The van der Waals surface area contributed by atoms with Crippen molar-refractivity contribution < 1.29 is 4.74 Å². The van der Waals surface area contributed by atoms with Gasteiger partial charge in [0.15, 0.2) is 0 Å². The highest BCUT2D eigenvalue weighted by atomic mass is 16.5. The predicted octanol–water partition coefficient (Wildman–Crippen LogP) is 2.63. The molecule has 1 aromatic carbocycles. The summed E-state index contributed by atoms with van der Waals surface area (Å²) in [5, 5.41) is 3.48. The minimum Gasteiger partial charge on any atom is -0.380 e. The largest absolute Gasteiger partial charge is 0.380 e. The van der Waals surface area contributed by atoms with Gasteiger partial charge in [0.25, 0.3) is 0 Å². The van der Waals surface area contributed by atoms with Crippen LogP contribution in [0.4, 0.5) is 0 Å². The Balaban J connectivity index is 2.43. The molecule has 1 N–H and O–H groups in total. The fraction of sp³-hybridized carbons (Fsp3) is 0.571. The van der Waals surface area contributed by atoms with Gasteiger partial charge in [-0.2, -0.15) is 0 Å². The molecule has 0 spiro atoms. The van der Waals surface area contributed by atoms with Crippen molar-refractivity contribution in [1.82, 2.24) is 5.32 Å². The van der Waals surface area contributed by atoms with Crippen LogP contribution in [0.3, 0.4) is 0 Å². The van der Waals surface area contributed by atoms with Crippen LogP contribution in [-0.4, -0.2) is 25.8 Å². The van der Waals surface area contributed by atoms with Crippen molar-refractivity contribution in [1.29, 1.82) is 0 Å². The number of nitrogens with one attached hydrogen (secondary N) is 1. The van der Waals surface area contributed by atoms with Gasteiger partial charge in [-0.1, -0.05) is 37.3 Å². The maximum Gasteiger partial charge on any atom is 0.0696 e. The van der Waals surface area contributed by atoms with Crippen molar-refractivity contribution in [3.63, 3.8) is 0 Å². The van der Waals surface area contributed by atoms with Crippen LogP contribution in [0, 0.1) is 0 Å². The van der Waals surface area contributed by atoms with E-state index in [1.165, 1.54) is 5.56 Å². The summed E-state index contributed by atoms with van der Waals surface area (Å²) in [4.78, 5) is 0. The molecule has 2 heteroatoms. The molecular weight excluding hydrogens is 198 g/mol. The molecule has 0 aliphatic rings. The molecule has 90 valence electrons. The quantitative estimate of drug-likeness (QED) is 0.764. The number of hydrogen-bond donors (Lipinski definition) is 1. The Labute approximate surface area is 99.0 Å². The van der Waals surface area contributed by atoms with E-state index < -0.39 is 0 Å². The zero-order valence-electron chi connectivity index (χ0n) is 10.6. The number of benzene rings is 1. The fourth-order valence-corrected chi connectivity index (χ4v) is 1.90. The van der Waals surface area contributed by atoms with Crippen LogP contribution in [-0.2, 0) is 11.2 Å². The van der Waals surface area contributed by atoms with Gasteiger partial charge in [0.2, 0.25) is 0 Å². The van der Waals surface area contributed by atoms with E-state index in [1.807, 2.05) is 0 Å². The minimum atomic E-state index is 0.267. The molecule has 0 heterocycles. The maximum absolute atomic E-state index is 5.39. The van der Waals surface area contributed by atoms with Crippen LogP contribution in [0.25, 0.3) is 0 Å². The smallest absolute Gasteiger partial charge is 0.0696 e. The third-order valence-electron chi connectivity index (χ3n) is 2.99. The zero-order chi connectivity index (χ0) is 11.8. The number of ether oxygens (including phenoxy) is 1. The van der Waals surface area contributed by atoms with Crippen LogP contribution in [0.15, 0.2) is 30.3 Å². The Morgan fingerprint density at radius 2 is 1.94 bits per heavy atom. The van der Waals surface area contributed by atoms with Crippen LogP contribution in [0.1, 0.15) is 25.8 Å². The number of hydrogen-bond acceptors (Lipinski definition) is 2. The van der Waals surface area contributed by atoms with Crippen molar-refractivity contribution in [2.75, 3.05) is 13.7 Å². The monoisotopic (exact) mass is 221 g/mol. The van der Waals surface area contributed by atoms with Gasteiger partial charge >= 0.3 is 0 Å². The number of aryl methyl sites for hydroxylation is 1. The lowest BCUT2D eigenvalue weighted by molar-refractivity contribution is 0.0807. The van der Waals surface area contributed by atoms with E-state index in [0.29, 0.717) is 6.04 Å². The molecule has 0 aromatic heterocycles. The van der Waals surface area contributed by atoms with Crippen LogP contribution < -0.4 is 5.32 Å². The zero-order valence-corrected chi connectivity index (χ0v) is 10.6. The number of likely N-dealkylation sites (N-methyl/N-ethyl adjacent to an activating group) is 1. The molecule has 2 atom stereocenters. The van der Waals surface area contributed by atoms with Gasteiger partial charge in [0.1, 0.15) is 0 Å². The van der Waals surface area contributed by atoms with E-state index in [4.69, 9.17) is 4.74 Å². The van der Waals surface area contributed by atoms with Gasteiger partial charge in [-0.15, -0.1) is 0 Å². The first-order valence-electron chi connectivity index (χ1n) is 6.08. The second-order valence-electron chi connectivity index (χ2n) is 4.13. The first-order valence-corrected chi connectivity index (χ1v) is 6.08. The Hall–Kier alpha value is -0.860. The summed E-state index contributed by atoms with van der Waals surface area (Å²) in [7, 11) is 1.78. The molecule has 0 bridgehead atoms. The van der Waals surface area contributed by atoms with Gasteiger partial charge < -0.3 is 10.1 Å². The number of rotatable bonds is 7. The van der Waals surface area contributed by atoms with Crippen molar-refractivity contribution in [3.05, 3.63) is 35.9 Å². The summed E-state index contributed by atoms with van der Waals surface area (Å²) in [6.07, 6.45) is 2.49. The lowest BCUT2D eigenvalue weighted by atomic mass is 10.0. The second-order valence-corrected chi connectivity index (χ2v) is 4.13. The standard InChI is InChI=1S/C14H23NO/c1-4-15-14(12(2)16-3)11-10-13-8-6-5-7-9-13/h5-9,12,14-15H,4,10-11H2,1-3H3. The second kappa shape index (κ2) is 7.42. The van der Waals surface area contributed by atoms with E-state index in [9.17, 15) is 0 Å². The number of methoxy groups -OCH3 is 1. The summed E-state index contributed by atoms with van der Waals surface area (Å²) >= 11 is 0. The molecule has 0 aliphatic carbocycles. The predicted molar refractivity (Wildman–Crippen MR) is 68.7 cm³/mol. The Morgan fingerprint density at radius 3 is 2.50 bits per heavy atom. The fourth-order valence-electron chi connectivity index (χ4n) is 1.90. The molecule has 0 fully saturated rings. The first-order chi connectivity index (χ1) is 7.77. The molecule has 0 saturated carbocycles. The molecule has 0 amide bonds. The van der Waals surface area contributed by atoms with Gasteiger partial charge in [0.05, 0.1) is 6.10 Å². The average Bonchev–Trinajstić information content (AvgIpc) is 2.34. The molecule has 1 aromatic rings. The van der Waals surface area contributed by atoms with Crippen molar-refractivity contribution >= 4 is 0 Å². The highest BCUT2D eigenvalue weighted by molar-refractivity contribution is 5.14. The van der Waals surface area contributed by atoms with Crippen molar-refractivity contribution in [2.45, 2.75) is 38.8 Å². The highest BCUT2D eigenvalue weighted by Crippen LogP contribution is 2.09. The molecule has 0 radical (unpaired) electrons. The van der Waals surface area contributed by atoms with E-state index in [-0.39, 0.29) is 6.10 Å². The molecular formula is C14H23NO. The minimum absolute atomic E-state index is 0.267. The van der Waals surface area contributed by atoms with Gasteiger partial charge in [0, 0.05) is 13.2 Å². The van der Waals surface area contributed by atoms with Crippen LogP contribution in [0.5, 0.6) is 0 Å². The molecule has 0 aliphatic heterocycles. The summed E-state index contributed by atoms with van der Waals surface area (Å²) in [6.45, 7) is 5.25. The maximum atomic E-state index is 5.39. The molecule has 2 nitrogen and oxygen atoms in total. The van der Waals surface area contributed by atoms with Crippen LogP contribution in [0.2, 0.25) is 0 Å². The lowest BCUT2D eigenvalue weighted by Gasteiger charge is -2.23. The Morgan fingerprint density at radius 1 is 1.25 bits per heavy atom. The third kappa shape index (κ3) is 4.33. The Kier molecular flexibility index (Phi) is 6.12. The normalized spacial score (nSPS) is 14.7. The molecule has 0 saturated heterocycles.